The normalized spacial score (nSPS) is 10.5. The number of aryl methyl sites for hydroxylation is 1. The molecular formula is C19H29NO5. The molecule has 0 atom stereocenters. The highest BCUT2D eigenvalue weighted by atomic mass is 16.5. The Labute approximate surface area is 150 Å². The number of carbonyl (C=O) groups excluding carboxylic acids is 2. The van der Waals surface area contributed by atoms with E-state index in [-0.39, 0.29) is 24.3 Å². The van der Waals surface area contributed by atoms with Crippen molar-refractivity contribution in [3.63, 3.8) is 0 Å². The highest BCUT2D eigenvalue weighted by Crippen LogP contribution is 2.28. The lowest BCUT2D eigenvalue weighted by Crippen LogP contribution is -2.38. The maximum atomic E-state index is 12.5. The molecule has 1 aromatic rings. The first-order chi connectivity index (χ1) is 11.9. The largest absolute Gasteiger partial charge is 0.493 e. The van der Waals surface area contributed by atoms with Gasteiger partial charge < -0.3 is 19.1 Å². The Kier molecular flexibility index (Phi) is 8.81. The van der Waals surface area contributed by atoms with E-state index in [4.69, 9.17) is 14.2 Å². The van der Waals surface area contributed by atoms with Crippen molar-refractivity contribution in [2.24, 2.45) is 0 Å². The second-order valence-corrected chi connectivity index (χ2v) is 5.93. The van der Waals surface area contributed by atoms with Crippen LogP contribution in [0.5, 0.6) is 11.5 Å². The zero-order valence-corrected chi connectivity index (χ0v) is 15.8. The lowest BCUT2D eigenvalue weighted by molar-refractivity contribution is -0.144. The van der Waals surface area contributed by atoms with Crippen molar-refractivity contribution in [1.82, 2.24) is 4.90 Å². The summed E-state index contributed by atoms with van der Waals surface area (Å²) in [7, 11) is 3.17. The van der Waals surface area contributed by atoms with Crippen LogP contribution in [0.25, 0.3) is 0 Å². The predicted molar refractivity (Wildman–Crippen MR) is 96.0 cm³/mol. The van der Waals surface area contributed by atoms with Gasteiger partial charge in [-0.25, -0.2) is 0 Å². The van der Waals surface area contributed by atoms with E-state index in [1.807, 2.05) is 32.0 Å². The van der Waals surface area contributed by atoms with Gasteiger partial charge >= 0.3 is 5.97 Å². The molecule has 6 nitrogen and oxygen atoms in total. The Morgan fingerprint density at radius 3 is 2.32 bits per heavy atom. The van der Waals surface area contributed by atoms with Gasteiger partial charge in [0.05, 0.1) is 27.2 Å². The first-order valence-electron chi connectivity index (χ1n) is 8.58. The number of ether oxygens (including phenoxy) is 3. The average Bonchev–Trinajstić information content (AvgIpc) is 2.59. The van der Waals surface area contributed by atoms with Crippen LogP contribution < -0.4 is 9.47 Å². The van der Waals surface area contributed by atoms with Gasteiger partial charge in [0.2, 0.25) is 5.91 Å². The van der Waals surface area contributed by atoms with Crippen molar-refractivity contribution < 1.29 is 23.8 Å². The molecule has 0 saturated carbocycles. The molecule has 0 aliphatic carbocycles. The van der Waals surface area contributed by atoms with E-state index >= 15 is 0 Å². The number of hydrogen-bond acceptors (Lipinski definition) is 5. The number of benzene rings is 1. The van der Waals surface area contributed by atoms with Crippen LogP contribution in [0.2, 0.25) is 0 Å². The lowest BCUT2D eigenvalue weighted by atomic mass is 10.1. The van der Waals surface area contributed by atoms with Crippen molar-refractivity contribution in [1.29, 1.82) is 0 Å². The molecule has 0 saturated heterocycles. The molecule has 0 aromatic heterocycles. The van der Waals surface area contributed by atoms with Gasteiger partial charge in [0.25, 0.3) is 0 Å². The van der Waals surface area contributed by atoms with Gasteiger partial charge in [-0.2, -0.15) is 0 Å². The molecule has 0 unspecified atom stereocenters. The van der Waals surface area contributed by atoms with Gasteiger partial charge in [0, 0.05) is 19.0 Å². The summed E-state index contributed by atoms with van der Waals surface area (Å²) in [5.41, 5.74) is 1.00. The van der Waals surface area contributed by atoms with Crippen LogP contribution in [0.3, 0.4) is 0 Å². The zero-order chi connectivity index (χ0) is 18.8. The van der Waals surface area contributed by atoms with E-state index in [0.717, 1.165) is 5.56 Å². The van der Waals surface area contributed by atoms with Gasteiger partial charge in [0.15, 0.2) is 11.5 Å². The van der Waals surface area contributed by atoms with Crippen LogP contribution in [0.4, 0.5) is 0 Å². The number of methoxy groups -OCH3 is 2. The molecule has 140 valence electrons. The average molecular weight is 351 g/mol. The maximum Gasteiger partial charge on any atom is 0.307 e. The fourth-order valence-electron chi connectivity index (χ4n) is 2.55. The molecule has 0 heterocycles. The highest BCUT2D eigenvalue weighted by molar-refractivity contribution is 5.78. The Hall–Kier alpha value is -2.24. The molecule has 6 heteroatoms. The van der Waals surface area contributed by atoms with E-state index in [0.29, 0.717) is 37.5 Å². The van der Waals surface area contributed by atoms with Gasteiger partial charge in [-0.15, -0.1) is 0 Å². The molecule has 0 aliphatic rings. The summed E-state index contributed by atoms with van der Waals surface area (Å²) in [4.78, 5) is 25.8. The second-order valence-electron chi connectivity index (χ2n) is 5.93. The summed E-state index contributed by atoms with van der Waals surface area (Å²) in [5.74, 6) is 1.06. The summed E-state index contributed by atoms with van der Waals surface area (Å²) in [6.07, 6.45) is 1.19. The van der Waals surface area contributed by atoms with Crippen LogP contribution in [-0.4, -0.2) is 50.2 Å². The molecule has 0 bridgehead atoms. The number of amides is 1. The number of carbonyl (C=O) groups is 2. The summed E-state index contributed by atoms with van der Waals surface area (Å²) >= 11 is 0. The van der Waals surface area contributed by atoms with Crippen LogP contribution in [0.15, 0.2) is 18.2 Å². The van der Waals surface area contributed by atoms with E-state index in [9.17, 15) is 9.59 Å². The molecule has 25 heavy (non-hydrogen) atoms. The van der Waals surface area contributed by atoms with Crippen molar-refractivity contribution in [3.05, 3.63) is 23.8 Å². The third kappa shape index (κ3) is 6.64. The Morgan fingerprint density at radius 2 is 1.76 bits per heavy atom. The maximum absolute atomic E-state index is 12.5. The van der Waals surface area contributed by atoms with Gasteiger partial charge in [-0.05, 0) is 44.9 Å². The predicted octanol–water partition coefficient (Wildman–Crippen LogP) is 2.83. The monoisotopic (exact) mass is 351 g/mol. The van der Waals surface area contributed by atoms with Gasteiger partial charge in [-0.1, -0.05) is 6.07 Å². The SMILES string of the molecule is CCOC(=O)CCN(C(=O)CCc1ccc(OC)c(OC)c1)C(C)C. The highest BCUT2D eigenvalue weighted by Gasteiger charge is 2.18. The van der Waals surface area contributed by atoms with E-state index in [1.165, 1.54) is 0 Å². The van der Waals surface area contributed by atoms with Gasteiger partial charge in [-0.3, -0.25) is 9.59 Å². The molecule has 1 rings (SSSR count). The standard InChI is InChI=1S/C19H29NO5/c1-6-25-19(22)11-12-20(14(2)3)18(21)10-8-15-7-9-16(23-4)17(13-15)24-5/h7,9,13-14H,6,8,10-12H2,1-5H3. The fraction of sp³-hybridized carbons (Fsp3) is 0.579. The summed E-state index contributed by atoms with van der Waals surface area (Å²) in [6.45, 7) is 6.39. The number of esters is 1. The molecule has 1 amide bonds. The number of hydrogen-bond donors (Lipinski definition) is 0. The van der Waals surface area contributed by atoms with Crippen LogP contribution >= 0.6 is 0 Å². The molecular weight excluding hydrogens is 322 g/mol. The Morgan fingerprint density at radius 1 is 1.08 bits per heavy atom. The summed E-state index contributed by atoms with van der Waals surface area (Å²) < 4.78 is 15.4. The molecule has 0 radical (unpaired) electrons. The first kappa shape index (κ1) is 20.8. The third-order valence-electron chi connectivity index (χ3n) is 3.88. The van der Waals surface area contributed by atoms with Crippen molar-refractivity contribution in [3.8, 4) is 11.5 Å². The summed E-state index contributed by atoms with van der Waals surface area (Å²) in [6, 6.07) is 5.67. The molecule has 1 aromatic carbocycles. The van der Waals surface area contributed by atoms with Crippen LogP contribution in [0, 0.1) is 0 Å². The molecule has 0 aliphatic heterocycles. The van der Waals surface area contributed by atoms with Crippen LogP contribution in [0.1, 0.15) is 39.2 Å². The number of rotatable bonds is 10. The third-order valence-corrected chi connectivity index (χ3v) is 3.88. The molecule has 0 N–H and O–H groups in total. The van der Waals surface area contributed by atoms with E-state index in [1.54, 1.807) is 26.0 Å². The minimum Gasteiger partial charge on any atom is -0.493 e. The Bertz CT molecular complexity index is 571. The minimum absolute atomic E-state index is 0.0223. The van der Waals surface area contributed by atoms with E-state index in [2.05, 4.69) is 0 Å². The number of nitrogens with zero attached hydrogens (tertiary/aromatic N) is 1. The second kappa shape index (κ2) is 10.6. The molecule has 0 spiro atoms. The zero-order valence-electron chi connectivity index (χ0n) is 15.8. The van der Waals surface area contributed by atoms with Crippen LogP contribution in [-0.2, 0) is 20.7 Å². The summed E-state index contributed by atoms with van der Waals surface area (Å²) in [5, 5.41) is 0. The van der Waals surface area contributed by atoms with Gasteiger partial charge in [0.1, 0.15) is 0 Å². The minimum atomic E-state index is -0.277. The lowest BCUT2D eigenvalue weighted by Gasteiger charge is -2.26. The fourth-order valence-corrected chi connectivity index (χ4v) is 2.55. The van der Waals surface area contributed by atoms with E-state index < -0.39 is 0 Å². The first-order valence-corrected chi connectivity index (χ1v) is 8.58. The quantitative estimate of drug-likeness (QED) is 0.607. The Balaban J connectivity index is 2.64. The topological polar surface area (TPSA) is 65.1 Å². The van der Waals surface area contributed by atoms with Crippen molar-refractivity contribution in [2.45, 2.75) is 46.1 Å². The smallest absolute Gasteiger partial charge is 0.307 e. The van der Waals surface area contributed by atoms with Crippen molar-refractivity contribution in [2.75, 3.05) is 27.4 Å². The molecule has 0 fully saturated rings. The van der Waals surface area contributed by atoms with Crippen molar-refractivity contribution >= 4 is 11.9 Å².